The number of anilines is 3. The van der Waals surface area contributed by atoms with Gasteiger partial charge in [-0.25, -0.2) is 0 Å². The molecular weight excluding hydrogens is 518 g/mol. The van der Waals surface area contributed by atoms with E-state index in [9.17, 15) is 0 Å². The van der Waals surface area contributed by atoms with Crippen LogP contribution in [0.25, 0.3) is 45.2 Å². The van der Waals surface area contributed by atoms with Crippen LogP contribution in [-0.4, -0.2) is 0 Å². The first-order chi connectivity index (χ1) is 21.3. The molecular formula is C42H33N. The van der Waals surface area contributed by atoms with E-state index in [-0.39, 0.29) is 0 Å². The van der Waals surface area contributed by atoms with E-state index >= 15 is 0 Å². The van der Waals surface area contributed by atoms with Gasteiger partial charge in [-0.1, -0.05) is 115 Å². The summed E-state index contributed by atoms with van der Waals surface area (Å²) in [7, 11) is 0. The molecule has 8 rings (SSSR count). The van der Waals surface area contributed by atoms with Crippen molar-refractivity contribution in [2.75, 3.05) is 4.90 Å². The van der Waals surface area contributed by atoms with Gasteiger partial charge in [0.25, 0.3) is 0 Å². The molecule has 0 saturated heterocycles. The predicted octanol–water partition coefficient (Wildman–Crippen LogP) is 11.6. The molecule has 0 bridgehead atoms. The second-order valence-corrected chi connectivity index (χ2v) is 11.5. The second-order valence-electron chi connectivity index (χ2n) is 11.5. The average Bonchev–Trinajstić information content (AvgIpc) is 3.09. The molecule has 2 aliphatic carbocycles. The monoisotopic (exact) mass is 551 g/mol. The lowest BCUT2D eigenvalue weighted by atomic mass is 9.81. The quantitative estimate of drug-likeness (QED) is 0.206. The maximum atomic E-state index is 2.46. The molecule has 0 aromatic heterocycles. The van der Waals surface area contributed by atoms with Crippen molar-refractivity contribution in [1.82, 2.24) is 0 Å². The number of nitrogens with zero attached hydrogens (tertiary/aromatic N) is 1. The van der Waals surface area contributed by atoms with Gasteiger partial charge in [0.1, 0.15) is 0 Å². The third-order valence-corrected chi connectivity index (χ3v) is 8.97. The summed E-state index contributed by atoms with van der Waals surface area (Å²) in [4.78, 5) is 2.46. The Balaban J connectivity index is 1.38. The van der Waals surface area contributed by atoms with E-state index in [1.807, 2.05) is 0 Å². The molecule has 0 N–H and O–H groups in total. The molecule has 6 aromatic rings. The number of allylic oxidation sites excluding steroid dienone is 2. The van der Waals surface area contributed by atoms with Gasteiger partial charge in [0.05, 0.1) is 5.69 Å². The van der Waals surface area contributed by atoms with E-state index < -0.39 is 0 Å². The van der Waals surface area contributed by atoms with Crippen LogP contribution in [0.1, 0.15) is 35.1 Å². The Morgan fingerprint density at radius 3 is 1.67 bits per heavy atom. The highest BCUT2D eigenvalue weighted by Gasteiger charge is 2.25. The van der Waals surface area contributed by atoms with Crippen molar-refractivity contribution in [3.63, 3.8) is 0 Å². The van der Waals surface area contributed by atoms with Crippen LogP contribution in [0.5, 0.6) is 0 Å². The van der Waals surface area contributed by atoms with Gasteiger partial charge < -0.3 is 4.90 Å². The zero-order chi connectivity index (χ0) is 28.6. The van der Waals surface area contributed by atoms with Crippen molar-refractivity contribution in [3.8, 4) is 22.3 Å². The fourth-order valence-electron chi connectivity index (χ4n) is 6.97. The summed E-state index contributed by atoms with van der Waals surface area (Å²) in [5.41, 5.74) is 14.4. The smallest absolute Gasteiger partial charge is 0.0506 e. The van der Waals surface area contributed by atoms with Crippen LogP contribution in [-0.2, 0) is 12.8 Å². The minimum absolute atomic E-state index is 1.03. The van der Waals surface area contributed by atoms with E-state index in [1.165, 1.54) is 72.3 Å². The number of fused-ring (bicyclic) bond motifs is 5. The van der Waals surface area contributed by atoms with Gasteiger partial charge in [-0.15, -0.1) is 0 Å². The van der Waals surface area contributed by atoms with Crippen LogP contribution in [0, 0.1) is 0 Å². The maximum absolute atomic E-state index is 2.46. The molecule has 0 aliphatic heterocycles. The first-order valence-corrected chi connectivity index (χ1v) is 15.4. The highest BCUT2D eigenvalue weighted by molar-refractivity contribution is 6.06. The number of hydrogen-bond acceptors (Lipinski definition) is 1. The van der Waals surface area contributed by atoms with Crippen molar-refractivity contribution in [3.05, 3.63) is 162 Å². The molecule has 6 aromatic carbocycles. The van der Waals surface area contributed by atoms with Crippen molar-refractivity contribution >= 4 is 40.0 Å². The molecule has 0 heterocycles. The molecule has 1 heteroatoms. The first-order valence-electron chi connectivity index (χ1n) is 15.4. The van der Waals surface area contributed by atoms with E-state index in [2.05, 4.69) is 157 Å². The molecule has 0 atom stereocenters. The molecule has 0 amide bonds. The Kier molecular flexibility index (Phi) is 6.50. The third kappa shape index (κ3) is 4.58. The SMILES string of the molecule is C1=Cc2c(c(-c3ccccc3)cc3cc(N(c4ccccc4)c4ccc(-c5ccccc5)cc4)c4c(c23)C=CCC4)CC1. The van der Waals surface area contributed by atoms with Gasteiger partial charge in [0, 0.05) is 11.4 Å². The van der Waals surface area contributed by atoms with Crippen molar-refractivity contribution in [1.29, 1.82) is 0 Å². The summed E-state index contributed by atoms with van der Waals surface area (Å²) in [6.45, 7) is 0. The Morgan fingerprint density at radius 2 is 1.00 bits per heavy atom. The Morgan fingerprint density at radius 1 is 0.465 bits per heavy atom. The standard InChI is InChI=1S/C42H33N/c1-4-14-30(15-5-1)31-24-26-35(27-25-31)43(34-18-8-3-9-19-34)41-29-33-28-40(32-16-6-2-7-17-32)36-20-10-12-22-38(36)42(33)39-23-13-11-21-37(39)41/h1-9,12-19,22-29H,10-11,20-21H2. The molecule has 206 valence electrons. The Hall–Kier alpha value is -5.14. The second kappa shape index (κ2) is 10.9. The minimum atomic E-state index is 1.03. The molecule has 0 spiro atoms. The first kappa shape index (κ1) is 25.6. The van der Waals surface area contributed by atoms with Crippen molar-refractivity contribution in [2.45, 2.75) is 25.7 Å². The fraction of sp³-hybridized carbons (Fsp3) is 0.0952. The topological polar surface area (TPSA) is 3.24 Å². The van der Waals surface area contributed by atoms with Gasteiger partial charge in [-0.3, -0.25) is 0 Å². The Labute approximate surface area is 254 Å². The van der Waals surface area contributed by atoms with Crippen LogP contribution in [0.15, 0.2) is 140 Å². The average molecular weight is 552 g/mol. The zero-order valence-electron chi connectivity index (χ0n) is 24.2. The van der Waals surface area contributed by atoms with Gasteiger partial charge in [0.2, 0.25) is 0 Å². The summed E-state index contributed by atoms with van der Waals surface area (Å²) in [6, 6.07) is 46.4. The molecule has 0 saturated carbocycles. The summed E-state index contributed by atoms with van der Waals surface area (Å²) < 4.78 is 0. The predicted molar refractivity (Wildman–Crippen MR) is 184 cm³/mol. The van der Waals surface area contributed by atoms with Gasteiger partial charge >= 0.3 is 0 Å². The van der Waals surface area contributed by atoms with Gasteiger partial charge in [-0.05, 0) is 117 Å². The number of para-hydroxylation sites is 1. The maximum Gasteiger partial charge on any atom is 0.0506 e. The summed E-state index contributed by atoms with van der Waals surface area (Å²) in [5, 5.41) is 2.69. The van der Waals surface area contributed by atoms with Crippen LogP contribution in [0.2, 0.25) is 0 Å². The lowest BCUT2D eigenvalue weighted by Crippen LogP contribution is -2.14. The van der Waals surface area contributed by atoms with Crippen LogP contribution >= 0.6 is 0 Å². The summed E-state index contributed by atoms with van der Waals surface area (Å²) in [5.74, 6) is 0. The van der Waals surface area contributed by atoms with Gasteiger partial charge in [-0.2, -0.15) is 0 Å². The lowest BCUT2D eigenvalue weighted by molar-refractivity contribution is 0.979. The number of hydrogen-bond donors (Lipinski definition) is 0. The molecule has 2 aliphatic rings. The highest BCUT2D eigenvalue weighted by atomic mass is 15.1. The summed E-state index contributed by atoms with van der Waals surface area (Å²) >= 11 is 0. The zero-order valence-corrected chi connectivity index (χ0v) is 24.2. The molecule has 0 fully saturated rings. The number of benzene rings is 6. The van der Waals surface area contributed by atoms with E-state index in [4.69, 9.17) is 0 Å². The van der Waals surface area contributed by atoms with E-state index in [0.717, 1.165) is 25.7 Å². The van der Waals surface area contributed by atoms with E-state index in [0.29, 0.717) is 0 Å². The van der Waals surface area contributed by atoms with Crippen LogP contribution < -0.4 is 4.90 Å². The highest BCUT2D eigenvalue weighted by Crippen LogP contribution is 2.46. The third-order valence-electron chi connectivity index (χ3n) is 8.97. The van der Waals surface area contributed by atoms with Crippen LogP contribution in [0.3, 0.4) is 0 Å². The normalized spacial score (nSPS) is 13.5. The molecule has 0 radical (unpaired) electrons. The largest absolute Gasteiger partial charge is 0.310 e. The van der Waals surface area contributed by atoms with Crippen LogP contribution in [0.4, 0.5) is 17.1 Å². The molecule has 43 heavy (non-hydrogen) atoms. The lowest BCUT2D eigenvalue weighted by Gasteiger charge is -2.31. The van der Waals surface area contributed by atoms with Crippen molar-refractivity contribution < 1.29 is 0 Å². The van der Waals surface area contributed by atoms with Crippen molar-refractivity contribution in [2.24, 2.45) is 0 Å². The Bertz CT molecular complexity index is 1980. The number of rotatable bonds is 5. The van der Waals surface area contributed by atoms with Gasteiger partial charge in [0.15, 0.2) is 0 Å². The minimum Gasteiger partial charge on any atom is -0.310 e. The molecule has 1 nitrogen and oxygen atoms in total. The fourth-order valence-corrected chi connectivity index (χ4v) is 6.97. The molecule has 0 unspecified atom stereocenters. The van der Waals surface area contributed by atoms with E-state index in [1.54, 1.807) is 0 Å². The summed E-state index contributed by atoms with van der Waals surface area (Å²) in [6.07, 6.45) is 13.7.